The number of carbonyl (C=O) groups is 2. The van der Waals surface area contributed by atoms with E-state index >= 15 is 0 Å². The summed E-state index contributed by atoms with van der Waals surface area (Å²) < 4.78 is 33.4. The zero-order valence-corrected chi connectivity index (χ0v) is 16.2. The average Bonchev–Trinajstić information content (AvgIpc) is 2.96. The number of anilines is 2. The minimum absolute atomic E-state index is 0.0866. The van der Waals surface area contributed by atoms with Crippen molar-refractivity contribution in [2.24, 2.45) is 0 Å². The fraction of sp³-hybridized carbons (Fsp3) is 0.222. The lowest BCUT2D eigenvalue weighted by Gasteiger charge is -2.17. The van der Waals surface area contributed by atoms with E-state index in [1.807, 2.05) is 0 Å². The molecule has 2 aromatic carbocycles. The fourth-order valence-electron chi connectivity index (χ4n) is 2.75. The molecule has 2 amide bonds. The van der Waals surface area contributed by atoms with E-state index in [4.69, 9.17) is 16.3 Å². The molecule has 0 aliphatic carbocycles. The number of nitrogens with one attached hydrogen (secondary N) is 1. The highest BCUT2D eigenvalue weighted by molar-refractivity contribution is 7.92. The lowest BCUT2D eigenvalue weighted by Crippen LogP contribution is -2.28. The summed E-state index contributed by atoms with van der Waals surface area (Å²) in [7, 11) is -2.72. The molecule has 1 fully saturated rings. The first-order chi connectivity index (χ1) is 12.7. The molecule has 0 spiro atoms. The summed E-state index contributed by atoms with van der Waals surface area (Å²) in [5.41, 5.74) is 1.28. The molecule has 1 saturated heterocycles. The molecular formula is C18H17ClN2O5S. The molecule has 3 rings (SSSR count). The van der Waals surface area contributed by atoms with Crippen LogP contribution >= 0.6 is 11.6 Å². The first kappa shape index (κ1) is 19.2. The SMILES string of the molecule is COc1ccc(N2C(=O)CCC2=O)cc1S(=O)(=O)Nc1ccc(C)c(Cl)c1. The largest absolute Gasteiger partial charge is 0.495 e. The second-order valence-corrected chi connectivity index (χ2v) is 8.09. The van der Waals surface area contributed by atoms with E-state index in [-0.39, 0.29) is 46.7 Å². The van der Waals surface area contributed by atoms with Crippen LogP contribution in [0.1, 0.15) is 18.4 Å². The molecule has 7 nitrogen and oxygen atoms in total. The molecule has 2 aromatic rings. The van der Waals surface area contributed by atoms with Gasteiger partial charge in [-0.2, -0.15) is 0 Å². The van der Waals surface area contributed by atoms with Gasteiger partial charge in [0.1, 0.15) is 10.6 Å². The van der Waals surface area contributed by atoms with Crippen molar-refractivity contribution in [2.75, 3.05) is 16.7 Å². The number of ether oxygens (including phenoxy) is 1. The molecule has 1 heterocycles. The number of carbonyl (C=O) groups excluding carboxylic acids is 2. The predicted octanol–water partition coefficient (Wildman–Crippen LogP) is 3.11. The van der Waals surface area contributed by atoms with Gasteiger partial charge in [-0.15, -0.1) is 0 Å². The first-order valence-electron chi connectivity index (χ1n) is 8.06. The van der Waals surface area contributed by atoms with Crippen LogP contribution in [0.2, 0.25) is 5.02 Å². The molecule has 1 aliphatic rings. The molecule has 27 heavy (non-hydrogen) atoms. The molecule has 0 radical (unpaired) electrons. The summed E-state index contributed by atoms with van der Waals surface area (Å²) >= 11 is 6.05. The van der Waals surface area contributed by atoms with Crippen LogP contribution in [-0.4, -0.2) is 27.3 Å². The van der Waals surface area contributed by atoms with Gasteiger partial charge in [0.15, 0.2) is 0 Å². The number of amides is 2. The molecule has 0 saturated carbocycles. The van der Waals surface area contributed by atoms with E-state index in [1.165, 1.54) is 31.4 Å². The second kappa shape index (κ2) is 7.21. The number of hydrogen-bond acceptors (Lipinski definition) is 5. The third kappa shape index (κ3) is 3.77. The third-order valence-corrected chi connectivity index (χ3v) is 5.98. The maximum Gasteiger partial charge on any atom is 0.265 e. The van der Waals surface area contributed by atoms with Crippen molar-refractivity contribution < 1.29 is 22.7 Å². The van der Waals surface area contributed by atoms with Crippen LogP contribution in [0.25, 0.3) is 0 Å². The minimum Gasteiger partial charge on any atom is -0.495 e. The lowest BCUT2D eigenvalue weighted by molar-refractivity contribution is -0.121. The van der Waals surface area contributed by atoms with Crippen molar-refractivity contribution in [3.05, 3.63) is 47.0 Å². The number of benzene rings is 2. The molecule has 0 bridgehead atoms. The Kier molecular flexibility index (Phi) is 5.12. The van der Waals surface area contributed by atoms with Gasteiger partial charge in [0.2, 0.25) is 11.8 Å². The fourth-order valence-corrected chi connectivity index (χ4v) is 4.17. The Balaban J connectivity index is 2.02. The number of nitrogens with zero attached hydrogens (tertiary/aromatic N) is 1. The van der Waals surface area contributed by atoms with Gasteiger partial charge in [0.05, 0.1) is 18.5 Å². The molecule has 142 valence electrons. The summed E-state index contributed by atoms with van der Waals surface area (Å²) in [6.07, 6.45) is 0.208. The van der Waals surface area contributed by atoms with Gasteiger partial charge in [0, 0.05) is 17.9 Å². The highest BCUT2D eigenvalue weighted by atomic mass is 35.5. The zero-order chi connectivity index (χ0) is 19.8. The minimum atomic E-state index is -4.06. The number of halogens is 1. The van der Waals surface area contributed by atoms with Crippen molar-refractivity contribution in [2.45, 2.75) is 24.7 Å². The number of aryl methyl sites for hydroxylation is 1. The van der Waals surface area contributed by atoms with Crippen molar-refractivity contribution in [1.29, 1.82) is 0 Å². The summed E-state index contributed by atoms with van der Waals surface area (Å²) in [6.45, 7) is 1.80. The van der Waals surface area contributed by atoms with Crippen LogP contribution in [0.15, 0.2) is 41.3 Å². The Morgan fingerprint density at radius 1 is 1.07 bits per heavy atom. The monoisotopic (exact) mass is 408 g/mol. The Hall–Kier alpha value is -2.58. The Labute approximate surface area is 161 Å². The van der Waals surface area contributed by atoms with Crippen molar-refractivity contribution in [3.8, 4) is 5.75 Å². The zero-order valence-electron chi connectivity index (χ0n) is 14.7. The van der Waals surface area contributed by atoms with Crippen LogP contribution < -0.4 is 14.4 Å². The summed E-state index contributed by atoms with van der Waals surface area (Å²) in [4.78, 5) is 24.7. The van der Waals surface area contributed by atoms with Gasteiger partial charge in [0.25, 0.3) is 10.0 Å². The van der Waals surface area contributed by atoms with E-state index in [2.05, 4.69) is 4.72 Å². The van der Waals surface area contributed by atoms with E-state index in [0.717, 1.165) is 10.5 Å². The average molecular weight is 409 g/mol. The smallest absolute Gasteiger partial charge is 0.265 e. The maximum atomic E-state index is 12.9. The van der Waals surface area contributed by atoms with Gasteiger partial charge >= 0.3 is 0 Å². The van der Waals surface area contributed by atoms with Crippen LogP contribution in [0.4, 0.5) is 11.4 Å². The molecule has 0 unspecified atom stereocenters. The standard InChI is InChI=1S/C18H17ClN2O5S/c1-11-3-4-12(9-14(11)19)20-27(24,25)16-10-13(5-6-15(16)26-2)21-17(22)7-8-18(21)23/h3-6,9-10,20H,7-8H2,1-2H3. The van der Waals surface area contributed by atoms with E-state index in [9.17, 15) is 18.0 Å². The molecule has 0 aromatic heterocycles. The maximum absolute atomic E-state index is 12.9. The molecule has 0 atom stereocenters. The van der Waals surface area contributed by atoms with E-state index in [1.54, 1.807) is 19.1 Å². The second-order valence-electron chi connectivity index (χ2n) is 6.03. The summed E-state index contributed by atoms with van der Waals surface area (Å²) in [6, 6.07) is 8.90. The van der Waals surface area contributed by atoms with Crippen LogP contribution in [0.5, 0.6) is 5.75 Å². The van der Waals surface area contributed by atoms with Crippen molar-refractivity contribution >= 4 is 44.8 Å². The van der Waals surface area contributed by atoms with Crippen LogP contribution in [-0.2, 0) is 19.6 Å². The van der Waals surface area contributed by atoms with Gasteiger partial charge in [-0.1, -0.05) is 17.7 Å². The first-order valence-corrected chi connectivity index (χ1v) is 9.92. The Morgan fingerprint density at radius 3 is 2.33 bits per heavy atom. The number of hydrogen-bond donors (Lipinski definition) is 1. The van der Waals surface area contributed by atoms with E-state index in [0.29, 0.717) is 5.02 Å². The number of methoxy groups -OCH3 is 1. The van der Waals surface area contributed by atoms with Crippen LogP contribution in [0, 0.1) is 6.92 Å². The van der Waals surface area contributed by atoms with Gasteiger partial charge in [-0.05, 0) is 42.8 Å². The van der Waals surface area contributed by atoms with Gasteiger partial charge in [-0.3, -0.25) is 19.2 Å². The van der Waals surface area contributed by atoms with Crippen LogP contribution in [0.3, 0.4) is 0 Å². The van der Waals surface area contributed by atoms with Crippen molar-refractivity contribution in [3.63, 3.8) is 0 Å². The highest BCUT2D eigenvalue weighted by Crippen LogP contribution is 2.33. The summed E-state index contributed by atoms with van der Waals surface area (Å²) in [5.74, 6) is -0.651. The molecule has 1 aliphatic heterocycles. The third-order valence-electron chi connectivity index (χ3n) is 4.17. The highest BCUT2D eigenvalue weighted by Gasteiger charge is 2.32. The predicted molar refractivity (Wildman–Crippen MR) is 102 cm³/mol. The topological polar surface area (TPSA) is 92.8 Å². The number of rotatable bonds is 5. The van der Waals surface area contributed by atoms with Gasteiger partial charge < -0.3 is 4.74 Å². The molecular weight excluding hydrogens is 392 g/mol. The quantitative estimate of drug-likeness (QED) is 0.767. The number of imide groups is 1. The molecule has 1 N–H and O–H groups in total. The van der Waals surface area contributed by atoms with Gasteiger partial charge in [-0.25, -0.2) is 8.42 Å². The Morgan fingerprint density at radius 2 is 1.74 bits per heavy atom. The van der Waals surface area contributed by atoms with E-state index < -0.39 is 10.0 Å². The van der Waals surface area contributed by atoms with Crippen molar-refractivity contribution in [1.82, 2.24) is 0 Å². The molecule has 9 heteroatoms. The Bertz CT molecular complexity index is 1020. The summed E-state index contributed by atoms with van der Waals surface area (Å²) in [5, 5.41) is 0.421. The lowest BCUT2D eigenvalue weighted by atomic mass is 10.2. The normalized spacial score (nSPS) is 14.6. The number of sulfonamides is 1.